The van der Waals surface area contributed by atoms with Gasteiger partial charge in [-0.15, -0.1) is 0 Å². The second-order valence-corrected chi connectivity index (χ2v) is 5.23. The molecule has 0 aromatic rings. The van der Waals surface area contributed by atoms with Crippen LogP contribution in [0.5, 0.6) is 0 Å². The average molecular weight is 202 g/mol. The Kier molecular flexibility index (Phi) is 3.56. The Morgan fingerprint density at radius 2 is 1.71 bits per heavy atom. The van der Waals surface area contributed by atoms with Gasteiger partial charge in [0.15, 0.2) is 5.79 Å². The van der Waals surface area contributed by atoms with Crippen LogP contribution in [0.4, 0.5) is 0 Å². The maximum atomic E-state index is 9.40. The molecule has 1 saturated heterocycles. The fourth-order valence-corrected chi connectivity index (χ4v) is 1.88. The van der Waals surface area contributed by atoms with Crippen molar-refractivity contribution in [2.24, 2.45) is 11.3 Å². The first-order valence-corrected chi connectivity index (χ1v) is 5.28. The summed E-state index contributed by atoms with van der Waals surface area (Å²) in [6, 6.07) is 0. The van der Waals surface area contributed by atoms with Crippen molar-refractivity contribution in [1.82, 2.24) is 0 Å². The Morgan fingerprint density at radius 3 is 2.07 bits per heavy atom. The topological polar surface area (TPSA) is 38.7 Å². The third-order valence-electron chi connectivity index (χ3n) is 2.63. The van der Waals surface area contributed by atoms with Crippen molar-refractivity contribution in [3.05, 3.63) is 0 Å². The first-order chi connectivity index (χ1) is 6.39. The number of aliphatic hydroxyl groups is 1. The summed E-state index contributed by atoms with van der Waals surface area (Å²) in [4.78, 5) is 0. The standard InChI is InChI=1S/C11H22O3/c1-9(2)5-11(6-12)7-13-10(3,4)14-8-11/h9,12H,5-8H2,1-4H3. The molecule has 0 aliphatic carbocycles. The zero-order valence-corrected chi connectivity index (χ0v) is 9.67. The molecule has 3 nitrogen and oxygen atoms in total. The largest absolute Gasteiger partial charge is 0.396 e. The minimum absolute atomic E-state index is 0.140. The van der Waals surface area contributed by atoms with Gasteiger partial charge in [-0.3, -0.25) is 0 Å². The Hall–Kier alpha value is -0.120. The van der Waals surface area contributed by atoms with E-state index in [9.17, 15) is 5.11 Å². The molecular weight excluding hydrogens is 180 g/mol. The zero-order valence-electron chi connectivity index (χ0n) is 9.67. The van der Waals surface area contributed by atoms with E-state index in [1.165, 1.54) is 0 Å². The normalized spacial score (nSPS) is 25.3. The van der Waals surface area contributed by atoms with Gasteiger partial charge in [0.1, 0.15) is 0 Å². The van der Waals surface area contributed by atoms with Gasteiger partial charge in [-0.1, -0.05) is 13.8 Å². The highest BCUT2D eigenvalue weighted by Gasteiger charge is 2.39. The molecule has 1 N–H and O–H groups in total. The van der Waals surface area contributed by atoms with Crippen LogP contribution in [0.15, 0.2) is 0 Å². The summed E-state index contributed by atoms with van der Waals surface area (Å²) < 4.78 is 11.2. The van der Waals surface area contributed by atoms with Crippen LogP contribution in [0.3, 0.4) is 0 Å². The van der Waals surface area contributed by atoms with Crippen molar-refractivity contribution in [2.45, 2.75) is 39.9 Å². The van der Waals surface area contributed by atoms with Gasteiger partial charge in [0.2, 0.25) is 0 Å². The SMILES string of the molecule is CC(C)CC1(CO)COC(C)(C)OC1. The van der Waals surface area contributed by atoms with Crippen LogP contribution in [0.25, 0.3) is 0 Å². The third-order valence-corrected chi connectivity index (χ3v) is 2.63. The van der Waals surface area contributed by atoms with Crippen molar-refractivity contribution in [3.63, 3.8) is 0 Å². The predicted octanol–water partition coefficient (Wildman–Crippen LogP) is 1.79. The molecule has 1 aliphatic heterocycles. The summed E-state index contributed by atoms with van der Waals surface area (Å²) in [7, 11) is 0. The van der Waals surface area contributed by atoms with Gasteiger partial charge in [-0.2, -0.15) is 0 Å². The average Bonchev–Trinajstić information content (AvgIpc) is 2.09. The Labute approximate surface area is 86.4 Å². The van der Waals surface area contributed by atoms with Crippen LogP contribution in [0.2, 0.25) is 0 Å². The number of rotatable bonds is 3. The minimum atomic E-state index is -0.490. The van der Waals surface area contributed by atoms with E-state index in [1.807, 2.05) is 13.8 Å². The molecule has 84 valence electrons. The summed E-state index contributed by atoms with van der Waals surface area (Å²) in [6.07, 6.45) is 0.944. The lowest BCUT2D eigenvalue weighted by Gasteiger charge is -2.43. The lowest BCUT2D eigenvalue weighted by molar-refractivity contribution is -0.292. The van der Waals surface area contributed by atoms with Gasteiger partial charge >= 0.3 is 0 Å². The Bertz CT molecular complexity index is 177. The second-order valence-electron chi connectivity index (χ2n) is 5.23. The molecule has 3 heteroatoms. The monoisotopic (exact) mass is 202 g/mol. The summed E-state index contributed by atoms with van der Waals surface area (Å²) >= 11 is 0. The van der Waals surface area contributed by atoms with Crippen LogP contribution in [0, 0.1) is 11.3 Å². The molecule has 0 bridgehead atoms. The maximum absolute atomic E-state index is 9.40. The zero-order chi connectivity index (χ0) is 10.8. The first-order valence-electron chi connectivity index (χ1n) is 5.28. The molecule has 0 amide bonds. The highest BCUT2D eigenvalue weighted by Crippen LogP contribution is 2.34. The summed E-state index contributed by atoms with van der Waals surface area (Å²) in [5.74, 6) is 0.0610. The van der Waals surface area contributed by atoms with E-state index in [-0.39, 0.29) is 12.0 Å². The summed E-state index contributed by atoms with van der Waals surface area (Å²) in [5.41, 5.74) is -0.191. The van der Waals surface area contributed by atoms with E-state index < -0.39 is 5.79 Å². The van der Waals surface area contributed by atoms with E-state index in [0.29, 0.717) is 19.1 Å². The summed E-state index contributed by atoms with van der Waals surface area (Å²) in [5, 5.41) is 9.40. The Balaban J connectivity index is 2.57. The molecule has 1 heterocycles. The van der Waals surface area contributed by atoms with Crippen molar-refractivity contribution in [1.29, 1.82) is 0 Å². The van der Waals surface area contributed by atoms with Gasteiger partial charge in [-0.25, -0.2) is 0 Å². The molecule has 0 aromatic heterocycles. The van der Waals surface area contributed by atoms with Crippen LogP contribution >= 0.6 is 0 Å². The van der Waals surface area contributed by atoms with E-state index >= 15 is 0 Å². The van der Waals surface area contributed by atoms with Gasteiger partial charge in [0.05, 0.1) is 19.8 Å². The highest BCUT2D eigenvalue weighted by atomic mass is 16.7. The third kappa shape index (κ3) is 2.94. The lowest BCUT2D eigenvalue weighted by Crippen LogP contribution is -2.49. The first kappa shape index (κ1) is 12.0. The van der Waals surface area contributed by atoms with Crippen molar-refractivity contribution in [2.75, 3.05) is 19.8 Å². The predicted molar refractivity (Wildman–Crippen MR) is 55.0 cm³/mol. The number of hydrogen-bond acceptors (Lipinski definition) is 3. The molecule has 0 aromatic carbocycles. The van der Waals surface area contributed by atoms with Gasteiger partial charge in [0, 0.05) is 5.41 Å². The molecule has 0 atom stereocenters. The van der Waals surface area contributed by atoms with E-state index in [2.05, 4.69) is 13.8 Å². The van der Waals surface area contributed by atoms with Crippen molar-refractivity contribution >= 4 is 0 Å². The molecule has 14 heavy (non-hydrogen) atoms. The van der Waals surface area contributed by atoms with E-state index in [0.717, 1.165) is 6.42 Å². The van der Waals surface area contributed by atoms with Gasteiger partial charge in [-0.05, 0) is 26.2 Å². The van der Waals surface area contributed by atoms with E-state index in [4.69, 9.17) is 9.47 Å². The van der Waals surface area contributed by atoms with Crippen LogP contribution < -0.4 is 0 Å². The molecule has 0 saturated carbocycles. The Morgan fingerprint density at radius 1 is 1.21 bits per heavy atom. The molecular formula is C11H22O3. The van der Waals surface area contributed by atoms with Crippen LogP contribution in [0.1, 0.15) is 34.1 Å². The fourth-order valence-electron chi connectivity index (χ4n) is 1.88. The lowest BCUT2D eigenvalue weighted by atomic mass is 9.81. The summed E-state index contributed by atoms with van der Waals surface area (Å²) in [6.45, 7) is 9.44. The molecule has 1 fully saturated rings. The number of hydrogen-bond donors (Lipinski definition) is 1. The van der Waals surface area contributed by atoms with Gasteiger partial charge in [0.25, 0.3) is 0 Å². The van der Waals surface area contributed by atoms with Crippen LogP contribution in [-0.4, -0.2) is 30.7 Å². The molecule has 0 radical (unpaired) electrons. The van der Waals surface area contributed by atoms with Crippen molar-refractivity contribution in [3.8, 4) is 0 Å². The number of ether oxygens (including phenoxy) is 2. The molecule has 0 spiro atoms. The van der Waals surface area contributed by atoms with Crippen LogP contribution in [-0.2, 0) is 9.47 Å². The highest BCUT2D eigenvalue weighted by molar-refractivity contribution is 4.83. The van der Waals surface area contributed by atoms with Gasteiger partial charge < -0.3 is 14.6 Å². The smallest absolute Gasteiger partial charge is 0.162 e. The molecule has 0 unspecified atom stereocenters. The minimum Gasteiger partial charge on any atom is -0.396 e. The molecule has 1 aliphatic rings. The number of aliphatic hydroxyl groups excluding tert-OH is 1. The van der Waals surface area contributed by atoms with Crippen molar-refractivity contribution < 1.29 is 14.6 Å². The fraction of sp³-hybridized carbons (Fsp3) is 1.00. The van der Waals surface area contributed by atoms with E-state index in [1.54, 1.807) is 0 Å². The molecule has 1 rings (SSSR count). The maximum Gasteiger partial charge on any atom is 0.162 e. The second kappa shape index (κ2) is 4.17. The quantitative estimate of drug-likeness (QED) is 0.758.